The number of carbonyl (C=O) groups is 3. The number of ether oxygens (including phenoxy) is 1. The van der Waals surface area contributed by atoms with Gasteiger partial charge in [-0.25, -0.2) is 0 Å². The van der Waals surface area contributed by atoms with Crippen LogP contribution in [0.15, 0.2) is 114 Å². The minimum absolute atomic E-state index is 0.105. The molecule has 0 saturated carbocycles. The first kappa shape index (κ1) is 30.5. The molecule has 218 valence electrons. The van der Waals surface area contributed by atoms with Crippen LogP contribution in [0.2, 0.25) is 0 Å². The smallest absolute Gasteiger partial charge is 0.276 e. The summed E-state index contributed by atoms with van der Waals surface area (Å²) in [5.74, 6) is -0.785. The van der Waals surface area contributed by atoms with E-state index in [-0.39, 0.29) is 28.6 Å². The molecule has 0 aliphatic carbocycles. The van der Waals surface area contributed by atoms with E-state index in [2.05, 4.69) is 16.0 Å². The van der Waals surface area contributed by atoms with E-state index in [9.17, 15) is 24.5 Å². The van der Waals surface area contributed by atoms with Crippen molar-refractivity contribution in [2.45, 2.75) is 11.8 Å². The van der Waals surface area contributed by atoms with Gasteiger partial charge < -0.3 is 20.7 Å². The van der Waals surface area contributed by atoms with Gasteiger partial charge in [0, 0.05) is 22.2 Å². The van der Waals surface area contributed by atoms with Crippen molar-refractivity contribution in [3.63, 3.8) is 0 Å². The monoisotopic (exact) mass is 596 g/mol. The summed E-state index contributed by atoms with van der Waals surface area (Å²) >= 11 is 1.27. The van der Waals surface area contributed by atoms with Crippen molar-refractivity contribution in [1.82, 2.24) is 5.32 Å². The van der Waals surface area contributed by atoms with Crippen LogP contribution in [0.25, 0.3) is 6.08 Å². The Bertz CT molecular complexity index is 1660. The molecule has 0 aromatic heterocycles. The number of nitrogens with zero attached hydrogens (tertiary/aromatic N) is 1. The third kappa shape index (κ3) is 8.78. The molecule has 0 fully saturated rings. The number of nitro benzene ring substituents is 1. The average Bonchev–Trinajstić information content (AvgIpc) is 3.01. The van der Waals surface area contributed by atoms with Crippen molar-refractivity contribution < 1.29 is 24.0 Å². The van der Waals surface area contributed by atoms with Gasteiger partial charge in [0.15, 0.2) is 0 Å². The predicted molar refractivity (Wildman–Crippen MR) is 167 cm³/mol. The number of thioether (sulfide) groups is 1. The van der Waals surface area contributed by atoms with Crippen molar-refractivity contribution in [3.8, 4) is 5.75 Å². The highest BCUT2D eigenvalue weighted by molar-refractivity contribution is 8.00. The van der Waals surface area contributed by atoms with Crippen LogP contribution in [0, 0.1) is 10.1 Å². The van der Waals surface area contributed by atoms with E-state index in [1.165, 1.54) is 36.0 Å². The van der Waals surface area contributed by atoms with Crippen molar-refractivity contribution in [2.75, 3.05) is 23.0 Å². The molecule has 10 nitrogen and oxygen atoms in total. The van der Waals surface area contributed by atoms with E-state index in [0.29, 0.717) is 34.2 Å². The molecule has 0 radical (unpaired) electrons. The lowest BCUT2D eigenvalue weighted by molar-refractivity contribution is -0.385. The maximum absolute atomic E-state index is 13.4. The van der Waals surface area contributed by atoms with Crippen LogP contribution in [0.5, 0.6) is 5.75 Å². The predicted octanol–water partition coefficient (Wildman–Crippen LogP) is 6.13. The largest absolute Gasteiger partial charge is 0.492 e. The lowest BCUT2D eigenvalue weighted by Gasteiger charge is -2.13. The molecular weight excluding hydrogens is 568 g/mol. The summed E-state index contributed by atoms with van der Waals surface area (Å²) < 4.78 is 5.55. The topological polar surface area (TPSA) is 140 Å². The number of amides is 3. The van der Waals surface area contributed by atoms with Gasteiger partial charge in [0.2, 0.25) is 5.91 Å². The van der Waals surface area contributed by atoms with Crippen LogP contribution in [-0.2, 0) is 9.59 Å². The number of hydrogen-bond donors (Lipinski definition) is 3. The molecule has 0 unspecified atom stereocenters. The van der Waals surface area contributed by atoms with E-state index in [1.54, 1.807) is 78.9 Å². The number of benzene rings is 4. The molecule has 0 aliphatic rings. The standard InChI is InChI=1S/C32H28N4O6S/c1-2-42-29-18-9-7-16-26(29)34-30(37)21-43-25-15-10-14-24(20-25)33-32(39)27(35-31(38)22-11-4-3-5-12-22)19-23-13-6-8-17-28(23)36(40)41/h3-20H,2,21H2,1H3,(H,33,39)(H,34,37)(H,35,38)/b27-19+. The quantitative estimate of drug-likeness (QED) is 0.0773. The fraction of sp³-hybridized carbons (Fsp3) is 0.0938. The van der Waals surface area contributed by atoms with Gasteiger partial charge in [-0.1, -0.05) is 48.5 Å². The number of nitro groups is 1. The van der Waals surface area contributed by atoms with Gasteiger partial charge in [0.1, 0.15) is 11.4 Å². The zero-order chi connectivity index (χ0) is 30.6. The average molecular weight is 597 g/mol. The Labute approximate surface area is 252 Å². The van der Waals surface area contributed by atoms with Gasteiger partial charge >= 0.3 is 0 Å². The maximum atomic E-state index is 13.4. The fourth-order valence-corrected chi connectivity index (χ4v) is 4.68. The van der Waals surface area contributed by atoms with Crippen LogP contribution >= 0.6 is 11.8 Å². The van der Waals surface area contributed by atoms with Crippen LogP contribution in [0.3, 0.4) is 0 Å². The van der Waals surface area contributed by atoms with Crippen molar-refractivity contribution in [2.24, 2.45) is 0 Å². The molecular formula is C32H28N4O6S. The van der Waals surface area contributed by atoms with Gasteiger partial charge in [0.05, 0.1) is 28.5 Å². The molecule has 0 bridgehead atoms. The van der Waals surface area contributed by atoms with Gasteiger partial charge in [0.25, 0.3) is 17.5 Å². The molecule has 0 atom stereocenters. The lowest BCUT2D eigenvalue weighted by Crippen LogP contribution is -2.30. The molecule has 0 heterocycles. The maximum Gasteiger partial charge on any atom is 0.276 e. The number of hydrogen-bond acceptors (Lipinski definition) is 7. The highest BCUT2D eigenvalue weighted by Gasteiger charge is 2.18. The molecule has 3 amide bonds. The first-order chi connectivity index (χ1) is 20.8. The zero-order valence-corrected chi connectivity index (χ0v) is 23.9. The van der Waals surface area contributed by atoms with Crippen LogP contribution < -0.4 is 20.7 Å². The summed E-state index contributed by atoms with van der Waals surface area (Å²) in [4.78, 5) is 50.6. The molecule has 4 aromatic carbocycles. The first-order valence-electron chi connectivity index (χ1n) is 13.2. The molecule has 4 aromatic rings. The highest BCUT2D eigenvalue weighted by Crippen LogP contribution is 2.26. The van der Waals surface area contributed by atoms with E-state index in [4.69, 9.17) is 4.74 Å². The van der Waals surface area contributed by atoms with Gasteiger partial charge in [-0.15, -0.1) is 11.8 Å². The molecule has 0 aliphatic heterocycles. The lowest BCUT2D eigenvalue weighted by atomic mass is 10.1. The number of anilines is 2. The second-order valence-electron chi connectivity index (χ2n) is 8.94. The molecule has 11 heteroatoms. The summed E-state index contributed by atoms with van der Waals surface area (Å²) in [6.07, 6.45) is 1.26. The fourth-order valence-electron chi connectivity index (χ4n) is 3.92. The van der Waals surface area contributed by atoms with Crippen molar-refractivity contribution >= 4 is 52.6 Å². The summed E-state index contributed by atoms with van der Waals surface area (Å²) in [6.45, 7) is 2.33. The molecule has 0 saturated heterocycles. The third-order valence-corrected chi connectivity index (χ3v) is 6.88. The van der Waals surface area contributed by atoms with E-state index in [1.807, 2.05) is 13.0 Å². The first-order valence-corrected chi connectivity index (χ1v) is 14.2. The van der Waals surface area contributed by atoms with E-state index >= 15 is 0 Å². The molecule has 43 heavy (non-hydrogen) atoms. The molecule has 0 spiro atoms. The Kier molecular flexibility index (Phi) is 10.6. The van der Waals surface area contributed by atoms with Crippen molar-refractivity contribution in [1.29, 1.82) is 0 Å². The number of para-hydroxylation sites is 3. The summed E-state index contributed by atoms with van der Waals surface area (Å²) in [6, 6.07) is 28.2. The molecule has 4 rings (SSSR count). The summed E-state index contributed by atoms with van der Waals surface area (Å²) in [5, 5.41) is 19.7. The van der Waals surface area contributed by atoms with Gasteiger partial charge in [-0.2, -0.15) is 0 Å². The third-order valence-electron chi connectivity index (χ3n) is 5.88. The normalized spacial score (nSPS) is 10.9. The minimum Gasteiger partial charge on any atom is -0.492 e. The Morgan fingerprint density at radius 2 is 1.60 bits per heavy atom. The van der Waals surface area contributed by atoms with E-state index < -0.39 is 16.7 Å². The number of nitrogens with one attached hydrogen (secondary N) is 3. The van der Waals surface area contributed by atoms with Gasteiger partial charge in [-0.3, -0.25) is 24.5 Å². The Balaban J connectivity index is 1.49. The SMILES string of the molecule is CCOc1ccccc1NC(=O)CSc1cccc(NC(=O)/C(=C\c2ccccc2[N+](=O)[O-])NC(=O)c2ccccc2)c1. The van der Waals surface area contributed by atoms with E-state index in [0.717, 1.165) is 0 Å². The Morgan fingerprint density at radius 1 is 0.884 bits per heavy atom. The van der Waals surface area contributed by atoms with Crippen molar-refractivity contribution in [3.05, 3.63) is 130 Å². The Hall–Kier alpha value is -5.42. The zero-order valence-electron chi connectivity index (χ0n) is 23.1. The van der Waals surface area contributed by atoms with Crippen LogP contribution in [0.4, 0.5) is 17.1 Å². The highest BCUT2D eigenvalue weighted by atomic mass is 32.2. The minimum atomic E-state index is -0.685. The Morgan fingerprint density at radius 3 is 2.37 bits per heavy atom. The molecule has 3 N–H and O–H groups in total. The summed E-state index contributed by atoms with van der Waals surface area (Å²) in [5.41, 5.74) is 1.03. The number of carbonyl (C=O) groups excluding carboxylic acids is 3. The number of rotatable bonds is 12. The van der Waals surface area contributed by atoms with Crippen LogP contribution in [-0.4, -0.2) is 35.0 Å². The van der Waals surface area contributed by atoms with Crippen LogP contribution in [0.1, 0.15) is 22.8 Å². The second kappa shape index (κ2) is 15.0. The summed E-state index contributed by atoms with van der Waals surface area (Å²) in [7, 11) is 0. The second-order valence-corrected chi connectivity index (χ2v) is 9.99. The van der Waals surface area contributed by atoms with Gasteiger partial charge in [-0.05, 0) is 61.5 Å².